The monoisotopic (exact) mass is 340 g/mol. The molecule has 0 aliphatic carbocycles. The Morgan fingerprint density at radius 1 is 1.43 bits per heavy atom. The van der Waals surface area contributed by atoms with Crippen molar-refractivity contribution >= 4 is 29.3 Å². The van der Waals surface area contributed by atoms with Gasteiger partial charge in [0, 0.05) is 16.8 Å². The second-order valence-corrected chi connectivity index (χ2v) is 5.10. The number of carbonyl (C=O) groups excluding carboxylic acids is 2. The smallest absolute Gasteiger partial charge is 0.337 e. The summed E-state index contributed by atoms with van der Waals surface area (Å²) in [5.74, 6) is -1.73. The highest BCUT2D eigenvalue weighted by molar-refractivity contribution is 6.31. The van der Waals surface area contributed by atoms with E-state index in [-0.39, 0.29) is 21.9 Å². The van der Waals surface area contributed by atoms with Gasteiger partial charge in [-0.1, -0.05) is 11.6 Å². The van der Waals surface area contributed by atoms with Crippen LogP contribution in [-0.2, 0) is 9.53 Å². The number of nitrogens with zero attached hydrogens (tertiary/aromatic N) is 1. The molecular formula is C13H11ClN3O6-. The summed E-state index contributed by atoms with van der Waals surface area (Å²) in [4.78, 5) is 33.7. The van der Waals surface area contributed by atoms with Crippen molar-refractivity contribution in [3.63, 3.8) is 0 Å². The van der Waals surface area contributed by atoms with Crippen LogP contribution in [-0.4, -0.2) is 24.0 Å². The van der Waals surface area contributed by atoms with Crippen LogP contribution < -0.4 is 15.7 Å². The molecule has 1 heterocycles. The Bertz CT molecular complexity index is 745. The van der Waals surface area contributed by atoms with Gasteiger partial charge in [0.25, 0.3) is 5.69 Å². The van der Waals surface area contributed by atoms with Crippen LogP contribution in [0.3, 0.4) is 0 Å². The van der Waals surface area contributed by atoms with E-state index in [1.807, 2.05) is 0 Å². The van der Waals surface area contributed by atoms with Crippen LogP contribution in [0, 0.1) is 10.1 Å². The van der Waals surface area contributed by atoms with Crippen LogP contribution in [0.5, 0.6) is 5.75 Å². The van der Waals surface area contributed by atoms with Gasteiger partial charge < -0.3 is 20.5 Å². The summed E-state index contributed by atoms with van der Waals surface area (Å²) in [5.41, 5.74) is -0.811. The summed E-state index contributed by atoms with van der Waals surface area (Å²) in [6.07, 6.45) is 0. The molecule has 0 saturated carbocycles. The SMILES string of the molecule is COC(=O)C1=C(C)NC(=O)N[C@@H]1c1cc(Cl)cc([N+](=O)[O-])c1[O-]. The lowest BCUT2D eigenvalue weighted by Crippen LogP contribution is -2.45. The predicted molar refractivity (Wildman–Crippen MR) is 76.7 cm³/mol. The highest BCUT2D eigenvalue weighted by Crippen LogP contribution is 2.38. The van der Waals surface area contributed by atoms with Gasteiger partial charge in [0.05, 0.1) is 23.6 Å². The number of hydrogen-bond acceptors (Lipinski definition) is 6. The Hall–Kier alpha value is -2.81. The molecule has 1 aromatic rings. The molecule has 1 aliphatic rings. The average Bonchev–Trinajstić information content (AvgIpc) is 2.47. The molecule has 23 heavy (non-hydrogen) atoms. The summed E-state index contributed by atoms with van der Waals surface area (Å²) < 4.78 is 4.64. The first-order valence-corrected chi connectivity index (χ1v) is 6.65. The van der Waals surface area contributed by atoms with Crippen LogP contribution in [0.2, 0.25) is 5.02 Å². The first kappa shape index (κ1) is 16.6. The molecule has 1 aliphatic heterocycles. The number of benzene rings is 1. The van der Waals surface area contributed by atoms with Crippen molar-refractivity contribution in [2.45, 2.75) is 13.0 Å². The van der Waals surface area contributed by atoms with E-state index < -0.39 is 34.4 Å². The number of nitro benzene ring substituents is 1. The number of esters is 1. The Kier molecular flexibility index (Phi) is 4.41. The molecule has 0 spiro atoms. The lowest BCUT2D eigenvalue weighted by atomic mass is 9.94. The lowest BCUT2D eigenvalue weighted by molar-refractivity contribution is -0.398. The van der Waals surface area contributed by atoms with E-state index >= 15 is 0 Å². The number of amides is 2. The minimum atomic E-state index is -1.21. The second kappa shape index (κ2) is 6.13. The molecule has 0 bridgehead atoms. The van der Waals surface area contributed by atoms with Gasteiger partial charge in [-0.2, -0.15) is 0 Å². The maximum absolute atomic E-state index is 12.3. The molecule has 2 amide bonds. The number of nitrogens with one attached hydrogen (secondary N) is 2. The molecule has 0 fully saturated rings. The number of methoxy groups -OCH3 is 1. The van der Waals surface area contributed by atoms with Crippen LogP contribution in [0.15, 0.2) is 23.4 Å². The third-order valence-corrected chi connectivity index (χ3v) is 3.46. The highest BCUT2D eigenvalue weighted by atomic mass is 35.5. The fourth-order valence-corrected chi connectivity index (χ4v) is 2.48. The fourth-order valence-electron chi connectivity index (χ4n) is 2.26. The van der Waals surface area contributed by atoms with Crippen molar-refractivity contribution in [2.24, 2.45) is 0 Å². The first-order valence-electron chi connectivity index (χ1n) is 6.27. The molecule has 0 saturated heterocycles. The quantitative estimate of drug-likeness (QED) is 0.481. The van der Waals surface area contributed by atoms with Gasteiger partial charge in [-0.15, -0.1) is 0 Å². The predicted octanol–water partition coefficient (Wildman–Crippen LogP) is 1.12. The number of halogens is 1. The van der Waals surface area contributed by atoms with Crippen molar-refractivity contribution in [1.29, 1.82) is 0 Å². The van der Waals surface area contributed by atoms with E-state index in [0.29, 0.717) is 0 Å². The molecule has 2 N–H and O–H groups in total. The van der Waals surface area contributed by atoms with Crippen molar-refractivity contribution in [3.8, 4) is 5.75 Å². The topological polar surface area (TPSA) is 134 Å². The normalized spacial score (nSPS) is 17.3. The third-order valence-electron chi connectivity index (χ3n) is 3.24. The maximum Gasteiger partial charge on any atom is 0.337 e. The number of ether oxygens (including phenoxy) is 1. The molecule has 0 aromatic heterocycles. The van der Waals surface area contributed by atoms with E-state index in [1.165, 1.54) is 13.0 Å². The lowest BCUT2D eigenvalue weighted by Gasteiger charge is -2.30. The first-order chi connectivity index (χ1) is 10.8. The largest absolute Gasteiger partial charge is 0.868 e. The molecule has 2 rings (SSSR count). The van der Waals surface area contributed by atoms with Gasteiger partial charge in [-0.05, 0) is 24.3 Å². The van der Waals surface area contributed by atoms with Gasteiger partial charge in [0.15, 0.2) is 0 Å². The minimum Gasteiger partial charge on any atom is -0.868 e. The molecule has 0 unspecified atom stereocenters. The fraction of sp³-hybridized carbons (Fsp3) is 0.231. The maximum atomic E-state index is 12.3. The second-order valence-electron chi connectivity index (χ2n) is 4.66. The Morgan fingerprint density at radius 3 is 2.65 bits per heavy atom. The molecular weight excluding hydrogens is 330 g/mol. The third kappa shape index (κ3) is 3.04. The van der Waals surface area contributed by atoms with E-state index in [2.05, 4.69) is 15.4 Å². The average molecular weight is 341 g/mol. The van der Waals surface area contributed by atoms with Crippen molar-refractivity contribution in [1.82, 2.24) is 10.6 Å². The summed E-state index contributed by atoms with van der Waals surface area (Å²) in [7, 11) is 1.13. The van der Waals surface area contributed by atoms with Gasteiger partial charge in [-0.3, -0.25) is 10.1 Å². The Labute approximate surface area is 135 Å². The van der Waals surface area contributed by atoms with E-state index in [0.717, 1.165) is 13.2 Å². The summed E-state index contributed by atoms with van der Waals surface area (Å²) in [6, 6.07) is 0.205. The Morgan fingerprint density at radius 2 is 2.09 bits per heavy atom. The summed E-state index contributed by atoms with van der Waals surface area (Å²) in [6.45, 7) is 1.45. The number of hydrogen-bond donors (Lipinski definition) is 2. The number of urea groups is 1. The van der Waals surface area contributed by atoms with Crippen molar-refractivity contribution in [3.05, 3.63) is 44.1 Å². The van der Waals surface area contributed by atoms with Crippen LogP contribution >= 0.6 is 11.6 Å². The van der Waals surface area contributed by atoms with Gasteiger partial charge in [-0.25, -0.2) is 9.59 Å². The van der Waals surface area contributed by atoms with Crippen LogP contribution in [0.25, 0.3) is 0 Å². The molecule has 9 nitrogen and oxygen atoms in total. The van der Waals surface area contributed by atoms with Crippen LogP contribution in [0.1, 0.15) is 18.5 Å². The van der Waals surface area contributed by atoms with E-state index in [9.17, 15) is 24.8 Å². The van der Waals surface area contributed by atoms with Crippen LogP contribution in [0.4, 0.5) is 10.5 Å². The van der Waals surface area contributed by atoms with E-state index in [1.54, 1.807) is 0 Å². The zero-order valence-electron chi connectivity index (χ0n) is 12.0. The molecule has 122 valence electrons. The number of nitro groups is 1. The van der Waals surface area contributed by atoms with Crippen molar-refractivity contribution in [2.75, 3.05) is 7.11 Å². The van der Waals surface area contributed by atoms with Gasteiger partial charge >= 0.3 is 12.0 Å². The highest BCUT2D eigenvalue weighted by Gasteiger charge is 2.33. The van der Waals surface area contributed by atoms with Gasteiger partial charge in [0.1, 0.15) is 0 Å². The number of carbonyl (C=O) groups is 2. The zero-order valence-corrected chi connectivity index (χ0v) is 12.8. The molecule has 10 heteroatoms. The standard InChI is InChI=1S/C13H12ClN3O6/c1-5-9(12(19)23-2)10(16-13(20)15-5)7-3-6(14)4-8(11(7)18)17(21)22/h3-4,10,18H,1-2H3,(H2,15,16,20)/p-1/t10-/m1/s1. The van der Waals surface area contributed by atoms with Crippen molar-refractivity contribution < 1.29 is 24.4 Å². The Balaban J connectivity index is 2.67. The van der Waals surface area contributed by atoms with E-state index in [4.69, 9.17) is 11.6 Å². The zero-order chi connectivity index (χ0) is 17.3. The number of rotatable bonds is 3. The van der Waals surface area contributed by atoms with Gasteiger partial charge in [0.2, 0.25) is 0 Å². The summed E-state index contributed by atoms with van der Waals surface area (Å²) >= 11 is 5.82. The number of allylic oxidation sites excluding steroid dienone is 1. The molecule has 0 radical (unpaired) electrons. The molecule has 1 atom stereocenters. The summed E-state index contributed by atoms with van der Waals surface area (Å²) in [5, 5.41) is 27.9. The minimum absolute atomic E-state index is 0.0410. The molecule has 1 aromatic carbocycles.